The van der Waals surface area contributed by atoms with E-state index in [4.69, 9.17) is 0 Å². The zero-order chi connectivity index (χ0) is 14.5. The number of benzene rings is 2. The van der Waals surface area contributed by atoms with Gasteiger partial charge in [0.2, 0.25) is 0 Å². The fourth-order valence-corrected chi connectivity index (χ4v) is 2.07. The molecule has 20 heavy (non-hydrogen) atoms. The molecule has 0 spiro atoms. The predicted octanol–water partition coefficient (Wildman–Crippen LogP) is 1.18. The van der Waals surface area contributed by atoms with Crippen LogP contribution in [0.4, 0.5) is 0 Å². The Labute approximate surface area is 117 Å². The first-order chi connectivity index (χ1) is 9.61. The van der Waals surface area contributed by atoms with Crippen molar-refractivity contribution in [2.75, 3.05) is 0 Å². The topological polar surface area (TPSA) is 80.9 Å². The predicted molar refractivity (Wildman–Crippen MR) is 74.8 cm³/mol. The van der Waals surface area contributed by atoms with Crippen molar-refractivity contribution in [3.63, 3.8) is 0 Å². The van der Waals surface area contributed by atoms with Crippen molar-refractivity contribution < 1.29 is 20.4 Å². The van der Waals surface area contributed by atoms with Crippen LogP contribution >= 0.6 is 0 Å². The average molecular weight is 274 g/mol. The second-order valence-electron chi connectivity index (χ2n) is 4.69. The Morgan fingerprint density at radius 1 is 0.500 bits per heavy atom. The summed E-state index contributed by atoms with van der Waals surface area (Å²) >= 11 is 0. The number of hydrogen-bond acceptors (Lipinski definition) is 4. The van der Waals surface area contributed by atoms with E-state index in [1.807, 2.05) is 0 Å². The quantitative estimate of drug-likeness (QED) is 0.660. The van der Waals surface area contributed by atoms with Crippen LogP contribution in [0, 0.1) is 0 Å². The van der Waals surface area contributed by atoms with Gasteiger partial charge in [-0.05, 0) is 11.1 Å². The highest BCUT2D eigenvalue weighted by Crippen LogP contribution is 2.25. The van der Waals surface area contributed by atoms with Crippen molar-refractivity contribution in [2.24, 2.45) is 0 Å². The SMILES string of the molecule is O[C@@H]([C@H](O)[C@H](O)c1ccccc1)[C@H](O)c1ccccc1. The van der Waals surface area contributed by atoms with Gasteiger partial charge in [0.25, 0.3) is 0 Å². The molecule has 4 atom stereocenters. The highest BCUT2D eigenvalue weighted by atomic mass is 16.4. The van der Waals surface area contributed by atoms with E-state index < -0.39 is 24.4 Å². The minimum Gasteiger partial charge on any atom is -0.387 e. The molecule has 0 radical (unpaired) electrons. The van der Waals surface area contributed by atoms with E-state index in [1.165, 1.54) is 0 Å². The monoisotopic (exact) mass is 274 g/mol. The summed E-state index contributed by atoms with van der Waals surface area (Å²) in [6, 6.07) is 17.1. The average Bonchev–Trinajstić information content (AvgIpc) is 2.53. The molecule has 4 N–H and O–H groups in total. The van der Waals surface area contributed by atoms with Gasteiger partial charge in [-0.1, -0.05) is 60.7 Å². The van der Waals surface area contributed by atoms with Gasteiger partial charge in [0, 0.05) is 0 Å². The molecule has 0 aliphatic heterocycles. The van der Waals surface area contributed by atoms with Crippen LogP contribution in [0.1, 0.15) is 23.3 Å². The van der Waals surface area contributed by atoms with Gasteiger partial charge in [0.15, 0.2) is 0 Å². The molecule has 2 aromatic rings. The highest BCUT2D eigenvalue weighted by molar-refractivity contribution is 5.21. The largest absolute Gasteiger partial charge is 0.387 e. The molecule has 0 amide bonds. The Kier molecular flexibility index (Phi) is 4.87. The normalized spacial score (nSPS) is 17.2. The molecule has 0 aliphatic carbocycles. The third-order valence-corrected chi connectivity index (χ3v) is 3.28. The zero-order valence-corrected chi connectivity index (χ0v) is 10.9. The Bertz CT molecular complexity index is 465. The lowest BCUT2D eigenvalue weighted by atomic mass is 9.94. The number of aliphatic hydroxyl groups is 4. The van der Waals surface area contributed by atoms with Crippen LogP contribution in [0.2, 0.25) is 0 Å². The van der Waals surface area contributed by atoms with Crippen molar-refractivity contribution >= 4 is 0 Å². The van der Waals surface area contributed by atoms with Crippen molar-refractivity contribution in [3.05, 3.63) is 71.8 Å². The summed E-state index contributed by atoms with van der Waals surface area (Å²) in [6.07, 6.45) is -5.48. The van der Waals surface area contributed by atoms with Crippen molar-refractivity contribution in [1.29, 1.82) is 0 Å². The van der Waals surface area contributed by atoms with E-state index in [9.17, 15) is 20.4 Å². The third kappa shape index (κ3) is 3.23. The van der Waals surface area contributed by atoms with Crippen LogP contribution < -0.4 is 0 Å². The first kappa shape index (κ1) is 14.7. The molecule has 0 bridgehead atoms. The molecule has 106 valence electrons. The van der Waals surface area contributed by atoms with Crippen LogP contribution in [0.5, 0.6) is 0 Å². The Hall–Kier alpha value is -1.72. The van der Waals surface area contributed by atoms with E-state index in [0.29, 0.717) is 11.1 Å². The maximum atomic E-state index is 10.0. The van der Waals surface area contributed by atoms with Gasteiger partial charge in [-0.25, -0.2) is 0 Å². The van der Waals surface area contributed by atoms with Gasteiger partial charge < -0.3 is 20.4 Å². The van der Waals surface area contributed by atoms with Crippen molar-refractivity contribution in [2.45, 2.75) is 24.4 Å². The summed E-state index contributed by atoms with van der Waals surface area (Å²) in [5.41, 5.74) is 0.971. The van der Waals surface area contributed by atoms with E-state index in [0.717, 1.165) is 0 Å². The zero-order valence-electron chi connectivity index (χ0n) is 10.9. The standard InChI is InChI=1S/C16H18O4/c17-13(11-7-3-1-4-8-11)15(19)16(20)14(18)12-9-5-2-6-10-12/h1-10,13-20H/t13-,14-,15-,16-/m1/s1. The lowest BCUT2D eigenvalue weighted by Crippen LogP contribution is -2.36. The number of rotatable bonds is 5. The van der Waals surface area contributed by atoms with Crippen LogP contribution in [0.25, 0.3) is 0 Å². The highest BCUT2D eigenvalue weighted by Gasteiger charge is 2.31. The van der Waals surface area contributed by atoms with Crippen LogP contribution in [-0.4, -0.2) is 32.6 Å². The summed E-state index contributed by atoms with van der Waals surface area (Å²) in [5.74, 6) is 0. The molecule has 2 aromatic carbocycles. The molecule has 0 aliphatic rings. The maximum Gasteiger partial charge on any atom is 0.113 e. The summed E-state index contributed by atoms with van der Waals surface area (Å²) in [4.78, 5) is 0. The van der Waals surface area contributed by atoms with E-state index in [1.54, 1.807) is 60.7 Å². The number of hydrogen-bond donors (Lipinski definition) is 4. The molecule has 4 heteroatoms. The summed E-state index contributed by atoms with van der Waals surface area (Å²) in [7, 11) is 0. The molecule has 0 aromatic heterocycles. The Morgan fingerprint density at radius 3 is 1.10 bits per heavy atom. The Morgan fingerprint density at radius 2 is 0.800 bits per heavy atom. The summed E-state index contributed by atoms with van der Waals surface area (Å²) in [5, 5.41) is 40.1. The Balaban J connectivity index is 2.10. The minimum absolute atomic E-state index is 0.485. The second kappa shape index (κ2) is 6.63. The van der Waals surface area contributed by atoms with Crippen LogP contribution in [0.15, 0.2) is 60.7 Å². The van der Waals surface area contributed by atoms with Gasteiger partial charge in [-0.15, -0.1) is 0 Å². The molecule has 0 saturated carbocycles. The second-order valence-corrected chi connectivity index (χ2v) is 4.69. The van der Waals surface area contributed by atoms with Crippen LogP contribution in [-0.2, 0) is 0 Å². The van der Waals surface area contributed by atoms with E-state index in [-0.39, 0.29) is 0 Å². The van der Waals surface area contributed by atoms with Gasteiger partial charge in [-0.3, -0.25) is 0 Å². The first-order valence-corrected chi connectivity index (χ1v) is 6.43. The number of aliphatic hydroxyl groups excluding tert-OH is 4. The van der Waals surface area contributed by atoms with Gasteiger partial charge in [-0.2, -0.15) is 0 Å². The molecule has 2 rings (SSSR count). The molecule has 4 nitrogen and oxygen atoms in total. The smallest absolute Gasteiger partial charge is 0.113 e. The molecule has 0 heterocycles. The molecule has 0 unspecified atom stereocenters. The van der Waals surface area contributed by atoms with Crippen molar-refractivity contribution in [1.82, 2.24) is 0 Å². The van der Waals surface area contributed by atoms with Crippen LogP contribution in [0.3, 0.4) is 0 Å². The lowest BCUT2D eigenvalue weighted by Gasteiger charge is -2.27. The maximum absolute atomic E-state index is 10.0. The van der Waals surface area contributed by atoms with E-state index >= 15 is 0 Å². The molecular formula is C16H18O4. The van der Waals surface area contributed by atoms with E-state index in [2.05, 4.69) is 0 Å². The minimum atomic E-state index is -1.48. The fraction of sp³-hybridized carbons (Fsp3) is 0.250. The fourth-order valence-electron chi connectivity index (χ4n) is 2.07. The van der Waals surface area contributed by atoms with Gasteiger partial charge in [0.1, 0.15) is 24.4 Å². The summed E-state index contributed by atoms with van der Waals surface area (Å²) in [6.45, 7) is 0. The molecular weight excluding hydrogens is 256 g/mol. The molecule has 0 fully saturated rings. The third-order valence-electron chi connectivity index (χ3n) is 3.28. The van der Waals surface area contributed by atoms with Gasteiger partial charge in [0.05, 0.1) is 0 Å². The van der Waals surface area contributed by atoms with Crippen molar-refractivity contribution in [3.8, 4) is 0 Å². The van der Waals surface area contributed by atoms with Gasteiger partial charge >= 0.3 is 0 Å². The first-order valence-electron chi connectivity index (χ1n) is 6.43. The summed E-state index contributed by atoms with van der Waals surface area (Å²) < 4.78 is 0. The molecule has 0 saturated heterocycles. The lowest BCUT2D eigenvalue weighted by molar-refractivity contribution is -0.107.